The molecule has 0 saturated carbocycles. The van der Waals surface area contributed by atoms with Crippen molar-refractivity contribution in [1.82, 2.24) is 4.90 Å². The Kier molecular flexibility index (Phi) is 6.16. The van der Waals surface area contributed by atoms with Gasteiger partial charge in [0.25, 0.3) is 0 Å². The van der Waals surface area contributed by atoms with E-state index < -0.39 is 6.04 Å². The summed E-state index contributed by atoms with van der Waals surface area (Å²) in [7, 11) is 0. The fourth-order valence-electron chi connectivity index (χ4n) is 3.11. The van der Waals surface area contributed by atoms with Gasteiger partial charge < -0.3 is 20.9 Å². The van der Waals surface area contributed by atoms with Crippen LogP contribution in [0.5, 0.6) is 0 Å². The van der Waals surface area contributed by atoms with Gasteiger partial charge in [-0.1, -0.05) is 17.7 Å². The summed E-state index contributed by atoms with van der Waals surface area (Å²) in [6.45, 7) is 1.92. The normalized spacial score (nSPS) is 15.8. The number of halogens is 1. The molecule has 0 radical (unpaired) electrons. The first-order chi connectivity index (χ1) is 13.4. The highest BCUT2D eigenvalue weighted by Crippen LogP contribution is 2.22. The van der Waals surface area contributed by atoms with Gasteiger partial charge in [0.05, 0.1) is 0 Å². The van der Waals surface area contributed by atoms with E-state index in [2.05, 4.69) is 16.0 Å². The van der Waals surface area contributed by atoms with Crippen LogP contribution < -0.4 is 16.0 Å². The Bertz CT molecular complexity index is 885. The second kappa shape index (κ2) is 8.75. The van der Waals surface area contributed by atoms with Gasteiger partial charge in [-0.05, 0) is 55.3 Å². The van der Waals surface area contributed by atoms with Gasteiger partial charge in [0.1, 0.15) is 6.04 Å². The van der Waals surface area contributed by atoms with Crippen molar-refractivity contribution in [3.8, 4) is 0 Å². The van der Waals surface area contributed by atoms with Gasteiger partial charge in [0.2, 0.25) is 11.8 Å². The Morgan fingerprint density at radius 2 is 1.64 bits per heavy atom. The number of hydrogen-bond donors (Lipinski definition) is 3. The van der Waals surface area contributed by atoms with E-state index in [1.165, 1.54) is 11.8 Å². The number of likely N-dealkylation sites (tertiary alicyclic amines) is 1. The molecule has 3 N–H and O–H groups in total. The molecule has 0 spiro atoms. The second-order valence-corrected chi connectivity index (χ2v) is 6.98. The van der Waals surface area contributed by atoms with Crippen LogP contribution in [0.4, 0.5) is 21.9 Å². The quantitative estimate of drug-likeness (QED) is 0.726. The molecule has 2 aromatic carbocycles. The van der Waals surface area contributed by atoms with E-state index in [-0.39, 0.29) is 17.8 Å². The predicted octanol–water partition coefficient (Wildman–Crippen LogP) is 3.93. The number of rotatable bonds is 4. The van der Waals surface area contributed by atoms with Gasteiger partial charge in [-0.3, -0.25) is 9.59 Å². The highest BCUT2D eigenvalue weighted by atomic mass is 35.5. The van der Waals surface area contributed by atoms with E-state index in [0.717, 1.165) is 6.42 Å². The lowest BCUT2D eigenvalue weighted by atomic mass is 10.2. The van der Waals surface area contributed by atoms with Gasteiger partial charge >= 0.3 is 6.03 Å². The summed E-state index contributed by atoms with van der Waals surface area (Å²) >= 11 is 5.86. The molecule has 1 heterocycles. The van der Waals surface area contributed by atoms with E-state index >= 15 is 0 Å². The zero-order valence-corrected chi connectivity index (χ0v) is 16.1. The average molecular weight is 401 g/mol. The third kappa shape index (κ3) is 5.01. The summed E-state index contributed by atoms with van der Waals surface area (Å²) in [5.41, 5.74) is 1.76. The van der Waals surface area contributed by atoms with E-state index in [9.17, 15) is 14.4 Å². The smallest absolute Gasteiger partial charge is 0.322 e. The molecule has 1 saturated heterocycles. The van der Waals surface area contributed by atoms with Crippen LogP contribution in [0.15, 0.2) is 48.5 Å². The zero-order valence-electron chi connectivity index (χ0n) is 15.4. The van der Waals surface area contributed by atoms with Crippen LogP contribution in [0, 0.1) is 0 Å². The Morgan fingerprint density at radius 3 is 2.32 bits per heavy atom. The first kappa shape index (κ1) is 19.7. The molecule has 0 aliphatic carbocycles. The third-order valence-corrected chi connectivity index (χ3v) is 4.61. The van der Waals surface area contributed by atoms with Crippen LogP contribution >= 0.6 is 11.6 Å². The van der Waals surface area contributed by atoms with Crippen molar-refractivity contribution >= 4 is 46.5 Å². The molecule has 4 amide bonds. The fraction of sp³-hybridized carbons (Fsp3) is 0.250. The highest BCUT2D eigenvalue weighted by molar-refractivity contribution is 6.30. The maximum atomic E-state index is 12.7. The Labute approximate surface area is 168 Å². The van der Waals surface area contributed by atoms with E-state index in [1.54, 1.807) is 48.5 Å². The number of amides is 4. The van der Waals surface area contributed by atoms with E-state index in [1.807, 2.05) is 0 Å². The number of anilines is 3. The van der Waals surface area contributed by atoms with Crippen molar-refractivity contribution in [3.63, 3.8) is 0 Å². The fourth-order valence-corrected chi connectivity index (χ4v) is 3.24. The first-order valence-electron chi connectivity index (χ1n) is 8.94. The van der Waals surface area contributed by atoms with Gasteiger partial charge in [0.15, 0.2) is 0 Å². The Morgan fingerprint density at radius 1 is 0.964 bits per heavy atom. The zero-order chi connectivity index (χ0) is 20.1. The summed E-state index contributed by atoms with van der Waals surface area (Å²) < 4.78 is 0. The van der Waals surface area contributed by atoms with E-state index in [4.69, 9.17) is 11.6 Å². The van der Waals surface area contributed by atoms with Gasteiger partial charge in [-0.2, -0.15) is 0 Å². The molecule has 0 unspecified atom stereocenters. The molecule has 1 fully saturated rings. The number of benzene rings is 2. The molecule has 8 heteroatoms. The lowest BCUT2D eigenvalue weighted by molar-refractivity contribution is -0.119. The molecular formula is C20H21ClN4O3. The molecular weight excluding hydrogens is 380 g/mol. The van der Waals surface area contributed by atoms with Crippen molar-refractivity contribution in [2.45, 2.75) is 25.8 Å². The summed E-state index contributed by atoms with van der Waals surface area (Å²) in [4.78, 5) is 38.0. The van der Waals surface area contributed by atoms with Crippen LogP contribution in [-0.2, 0) is 9.59 Å². The number of nitrogens with one attached hydrogen (secondary N) is 3. The standard InChI is InChI=1S/C20H21ClN4O3/c1-13(26)22-16-4-2-5-17(12-16)23-19(27)18-6-3-11-25(18)20(28)24-15-9-7-14(21)8-10-15/h2,4-5,7-10,12,18H,3,6,11H2,1H3,(H,22,26)(H,23,27)(H,24,28)/t18-/m1/s1. The maximum Gasteiger partial charge on any atom is 0.322 e. The molecule has 1 aliphatic rings. The number of urea groups is 1. The molecule has 3 rings (SSSR count). The van der Waals surface area contributed by atoms with Gasteiger partial charge in [0, 0.05) is 35.6 Å². The van der Waals surface area contributed by atoms with Crippen molar-refractivity contribution in [2.75, 3.05) is 22.5 Å². The third-order valence-electron chi connectivity index (χ3n) is 4.36. The molecule has 2 aromatic rings. The molecule has 28 heavy (non-hydrogen) atoms. The van der Waals surface area contributed by atoms with Crippen LogP contribution in [0.3, 0.4) is 0 Å². The van der Waals surface area contributed by atoms with Crippen LogP contribution in [0.2, 0.25) is 5.02 Å². The van der Waals surface area contributed by atoms with Crippen molar-refractivity contribution in [2.24, 2.45) is 0 Å². The lowest BCUT2D eigenvalue weighted by Gasteiger charge is -2.24. The average Bonchev–Trinajstić information content (AvgIpc) is 3.13. The maximum absolute atomic E-state index is 12.7. The number of hydrogen-bond acceptors (Lipinski definition) is 3. The topological polar surface area (TPSA) is 90.5 Å². The largest absolute Gasteiger partial charge is 0.326 e. The molecule has 0 bridgehead atoms. The van der Waals surface area contributed by atoms with Crippen molar-refractivity contribution in [3.05, 3.63) is 53.6 Å². The first-order valence-corrected chi connectivity index (χ1v) is 9.32. The van der Waals surface area contributed by atoms with Crippen LogP contribution in [0.25, 0.3) is 0 Å². The molecule has 146 valence electrons. The molecule has 1 aliphatic heterocycles. The number of nitrogens with zero attached hydrogens (tertiary/aromatic N) is 1. The summed E-state index contributed by atoms with van der Waals surface area (Å²) in [5.74, 6) is -0.451. The minimum Gasteiger partial charge on any atom is -0.326 e. The van der Waals surface area contributed by atoms with Crippen molar-refractivity contribution < 1.29 is 14.4 Å². The highest BCUT2D eigenvalue weighted by Gasteiger charge is 2.34. The summed E-state index contributed by atoms with van der Waals surface area (Å²) in [6.07, 6.45) is 1.34. The number of carbonyl (C=O) groups excluding carboxylic acids is 3. The molecule has 0 aromatic heterocycles. The number of carbonyl (C=O) groups is 3. The van der Waals surface area contributed by atoms with Crippen molar-refractivity contribution in [1.29, 1.82) is 0 Å². The molecule has 7 nitrogen and oxygen atoms in total. The minimum atomic E-state index is -0.559. The van der Waals surface area contributed by atoms with E-state index in [0.29, 0.717) is 35.1 Å². The monoisotopic (exact) mass is 400 g/mol. The second-order valence-electron chi connectivity index (χ2n) is 6.54. The van der Waals surface area contributed by atoms with Gasteiger partial charge in [-0.15, -0.1) is 0 Å². The Hall–Kier alpha value is -3.06. The van der Waals surface area contributed by atoms with Crippen LogP contribution in [-0.4, -0.2) is 35.3 Å². The summed E-state index contributed by atoms with van der Waals surface area (Å²) in [6, 6.07) is 12.8. The predicted molar refractivity (Wildman–Crippen MR) is 110 cm³/mol. The SMILES string of the molecule is CC(=O)Nc1cccc(NC(=O)[C@H]2CCCN2C(=O)Nc2ccc(Cl)cc2)c1. The molecule has 1 atom stereocenters. The van der Waals surface area contributed by atoms with Crippen LogP contribution in [0.1, 0.15) is 19.8 Å². The van der Waals surface area contributed by atoms with Gasteiger partial charge in [-0.25, -0.2) is 4.79 Å². The lowest BCUT2D eigenvalue weighted by Crippen LogP contribution is -2.45. The summed E-state index contributed by atoms with van der Waals surface area (Å²) in [5, 5.41) is 8.87. The minimum absolute atomic E-state index is 0.190. The Balaban J connectivity index is 1.65.